The minimum atomic E-state index is -1.36. The van der Waals surface area contributed by atoms with Crippen LogP contribution in [0.3, 0.4) is 0 Å². The molecule has 0 rings (SSSR count). The Morgan fingerprint density at radius 3 is 2.00 bits per heavy atom. The molecule has 0 amide bonds. The maximum Gasteiger partial charge on any atom is 0.210 e. The van der Waals surface area contributed by atoms with Crippen molar-refractivity contribution >= 4 is 8.32 Å². The van der Waals surface area contributed by atoms with Crippen molar-refractivity contribution in [3.05, 3.63) is 11.8 Å². The molecule has 0 spiro atoms. The van der Waals surface area contributed by atoms with Gasteiger partial charge in [-0.15, -0.1) is 0 Å². The van der Waals surface area contributed by atoms with Crippen molar-refractivity contribution in [2.24, 2.45) is 0 Å². The second kappa shape index (κ2) is 3.05. The van der Waals surface area contributed by atoms with Crippen molar-refractivity contribution in [3.8, 4) is 0 Å². The normalized spacial score (nSPS) is 13.0. The van der Waals surface area contributed by atoms with Crippen LogP contribution in [-0.2, 0) is 4.43 Å². The van der Waals surface area contributed by atoms with Crippen LogP contribution in [0.2, 0.25) is 13.1 Å². The lowest BCUT2D eigenvalue weighted by molar-refractivity contribution is 0.415. The van der Waals surface area contributed by atoms with E-state index in [2.05, 4.69) is 24.9 Å². The molecule has 0 unspecified atom stereocenters. The van der Waals surface area contributed by atoms with Crippen molar-refractivity contribution in [3.63, 3.8) is 0 Å². The van der Waals surface area contributed by atoms with Crippen molar-refractivity contribution in [2.45, 2.75) is 20.0 Å². The van der Waals surface area contributed by atoms with Crippen molar-refractivity contribution in [1.82, 2.24) is 0 Å². The minimum absolute atomic E-state index is 1.36. The predicted octanol–water partition coefficient (Wildman–Crippen LogP) is 1.95. The van der Waals surface area contributed by atoms with E-state index in [1.165, 1.54) is 0 Å². The van der Waals surface area contributed by atoms with Gasteiger partial charge in [0.25, 0.3) is 0 Å². The maximum atomic E-state index is 5.23. The average Bonchev–Trinajstić information content (AvgIpc) is 1.67. The second-order valence-corrected chi connectivity index (χ2v) is 6.26. The molecular formula is C6H14OSi. The van der Waals surface area contributed by atoms with Gasteiger partial charge in [-0.05, 0) is 20.0 Å². The van der Waals surface area contributed by atoms with Crippen LogP contribution in [0.15, 0.2) is 11.8 Å². The Balaban J connectivity index is 3.71. The summed E-state index contributed by atoms with van der Waals surface area (Å²) in [6, 6.07) is 0. The van der Waals surface area contributed by atoms with Gasteiger partial charge in [-0.25, -0.2) is 0 Å². The zero-order chi connectivity index (χ0) is 6.62. The maximum absolute atomic E-state index is 5.23. The van der Waals surface area contributed by atoms with Gasteiger partial charge in [0, 0.05) is 7.11 Å². The van der Waals surface area contributed by atoms with Gasteiger partial charge in [-0.1, -0.05) is 11.8 Å². The van der Waals surface area contributed by atoms with Crippen LogP contribution < -0.4 is 0 Å². The molecule has 48 valence electrons. The Bertz CT molecular complexity index is 86.5. The van der Waals surface area contributed by atoms with Gasteiger partial charge in [-0.2, -0.15) is 0 Å². The van der Waals surface area contributed by atoms with E-state index in [0.717, 1.165) is 0 Å². The van der Waals surface area contributed by atoms with E-state index < -0.39 is 8.32 Å². The molecule has 1 nitrogen and oxygen atoms in total. The molecule has 0 aliphatic heterocycles. The summed E-state index contributed by atoms with van der Waals surface area (Å²) < 4.78 is 5.23. The van der Waals surface area contributed by atoms with Crippen LogP contribution in [0.4, 0.5) is 0 Å². The summed E-state index contributed by atoms with van der Waals surface area (Å²) >= 11 is 0. The summed E-state index contributed by atoms with van der Waals surface area (Å²) in [6.07, 6.45) is 2.05. The third-order valence-corrected chi connectivity index (χ3v) is 3.28. The average molecular weight is 130 g/mol. The van der Waals surface area contributed by atoms with Crippen molar-refractivity contribution < 1.29 is 4.43 Å². The van der Waals surface area contributed by atoms with Crippen LogP contribution in [0, 0.1) is 0 Å². The molecule has 0 atom stereocenters. The molecule has 0 N–H and O–H groups in total. The van der Waals surface area contributed by atoms with Gasteiger partial charge in [-0.3, -0.25) is 0 Å². The summed E-state index contributed by atoms with van der Waals surface area (Å²) in [5.74, 6) is 0. The molecule has 0 aliphatic carbocycles. The second-order valence-electron chi connectivity index (χ2n) is 2.31. The largest absolute Gasteiger partial charge is 0.417 e. The van der Waals surface area contributed by atoms with E-state index in [-0.39, 0.29) is 0 Å². The Labute approximate surface area is 52.5 Å². The summed E-state index contributed by atoms with van der Waals surface area (Å²) in [4.78, 5) is 0. The van der Waals surface area contributed by atoms with Gasteiger partial charge >= 0.3 is 0 Å². The zero-order valence-electron chi connectivity index (χ0n) is 6.06. The highest BCUT2D eigenvalue weighted by Crippen LogP contribution is 2.02. The predicted molar refractivity (Wildman–Crippen MR) is 39.3 cm³/mol. The molecule has 0 saturated carbocycles. The van der Waals surface area contributed by atoms with E-state index in [4.69, 9.17) is 4.43 Å². The van der Waals surface area contributed by atoms with Gasteiger partial charge in [0.15, 0.2) is 0 Å². The Kier molecular flexibility index (Phi) is 3.01. The molecule has 0 saturated heterocycles. The summed E-state index contributed by atoms with van der Waals surface area (Å²) in [5, 5.41) is 0. The SMILES string of the molecule is C/C=C/[Si](C)(C)OC. The first kappa shape index (κ1) is 7.92. The van der Waals surface area contributed by atoms with E-state index >= 15 is 0 Å². The van der Waals surface area contributed by atoms with Crippen LogP contribution in [-0.4, -0.2) is 15.4 Å². The van der Waals surface area contributed by atoms with E-state index in [9.17, 15) is 0 Å². The molecule has 0 bridgehead atoms. The third-order valence-electron chi connectivity index (χ3n) is 1.09. The Hall–Kier alpha value is -0.0831. The Morgan fingerprint density at radius 2 is 1.88 bits per heavy atom. The van der Waals surface area contributed by atoms with Crippen LogP contribution >= 0.6 is 0 Å². The smallest absolute Gasteiger partial charge is 0.210 e. The first-order valence-electron chi connectivity index (χ1n) is 2.81. The van der Waals surface area contributed by atoms with Gasteiger partial charge < -0.3 is 4.43 Å². The fraction of sp³-hybridized carbons (Fsp3) is 0.667. The molecule has 0 aromatic carbocycles. The van der Waals surface area contributed by atoms with Crippen LogP contribution in [0.5, 0.6) is 0 Å². The van der Waals surface area contributed by atoms with Gasteiger partial charge in [0.1, 0.15) is 0 Å². The molecule has 0 radical (unpaired) electrons. The molecule has 2 heteroatoms. The van der Waals surface area contributed by atoms with E-state index in [1.54, 1.807) is 7.11 Å². The minimum Gasteiger partial charge on any atom is -0.417 e. The summed E-state index contributed by atoms with van der Waals surface area (Å²) in [5.41, 5.74) is 2.16. The Morgan fingerprint density at radius 1 is 1.38 bits per heavy atom. The van der Waals surface area contributed by atoms with E-state index in [1.807, 2.05) is 6.92 Å². The first-order chi connectivity index (χ1) is 3.62. The monoisotopic (exact) mass is 130 g/mol. The summed E-state index contributed by atoms with van der Waals surface area (Å²) in [6.45, 7) is 6.34. The number of hydrogen-bond donors (Lipinski definition) is 0. The van der Waals surface area contributed by atoms with Gasteiger partial charge in [0.05, 0.1) is 0 Å². The lowest BCUT2D eigenvalue weighted by Gasteiger charge is -2.13. The first-order valence-corrected chi connectivity index (χ1v) is 5.80. The molecule has 0 aliphatic rings. The molecule has 0 aromatic heterocycles. The highest BCUT2D eigenvalue weighted by atomic mass is 28.4. The standard InChI is InChI=1S/C6H14OSi/c1-5-6-8(3,4)7-2/h5-6H,1-4H3/b6-5+. The number of allylic oxidation sites excluding steroid dienone is 1. The van der Waals surface area contributed by atoms with Crippen molar-refractivity contribution in [2.75, 3.05) is 7.11 Å². The molecule has 0 aromatic rings. The quantitative estimate of drug-likeness (QED) is 0.519. The lowest BCUT2D eigenvalue weighted by atomic mass is 10.8. The topological polar surface area (TPSA) is 9.23 Å². The van der Waals surface area contributed by atoms with Crippen molar-refractivity contribution in [1.29, 1.82) is 0 Å². The molecular weight excluding hydrogens is 116 g/mol. The summed E-state index contributed by atoms with van der Waals surface area (Å²) in [7, 11) is 0.412. The number of hydrogen-bond acceptors (Lipinski definition) is 1. The van der Waals surface area contributed by atoms with Crippen LogP contribution in [0.1, 0.15) is 6.92 Å². The highest BCUT2D eigenvalue weighted by Gasteiger charge is 2.13. The highest BCUT2D eigenvalue weighted by molar-refractivity contribution is 6.76. The number of rotatable bonds is 2. The molecule has 0 heterocycles. The molecule has 8 heavy (non-hydrogen) atoms. The van der Waals surface area contributed by atoms with Crippen LogP contribution in [0.25, 0.3) is 0 Å². The fourth-order valence-corrected chi connectivity index (χ4v) is 1.41. The zero-order valence-corrected chi connectivity index (χ0v) is 7.06. The molecule has 0 fully saturated rings. The van der Waals surface area contributed by atoms with E-state index in [0.29, 0.717) is 0 Å². The fourth-order valence-electron chi connectivity index (χ4n) is 0.469. The lowest BCUT2D eigenvalue weighted by Crippen LogP contribution is -2.25. The van der Waals surface area contributed by atoms with Gasteiger partial charge in [0.2, 0.25) is 8.32 Å². The third kappa shape index (κ3) is 2.99.